The highest BCUT2D eigenvalue weighted by molar-refractivity contribution is 5.84. The number of aryl methyl sites for hydroxylation is 2. The molecule has 3 aromatic rings. The maximum atomic E-state index is 11.5. The first-order chi connectivity index (χ1) is 10.7. The number of methoxy groups -OCH3 is 1. The molecule has 0 radical (unpaired) electrons. The Kier molecular flexibility index (Phi) is 3.87. The van der Waals surface area contributed by atoms with Crippen molar-refractivity contribution in [3.8, 4) is 11.3 Å². The SMILES string of the molecule is COC(=O)CCn1c(-c2cccnc2C)cc2cccnc21. The van der Waals surface area contributed by atoms with Crippen LogP contribution < -0.4 is 0 Å². The Hall–Kier alpha value is -2.69. The first-order valence-electron chi connectivity index (χ1n) is 7.14. The molecule has 0 aliphatic carbocycles. The number of pyridine rings is 2. The Bertz CT molecular complexity index is 824. The van der Waals surface area contributed by atoms with Crippen LogP contribution in [0.25, 0.3) is 22.3 Å². The molecule has 0 unspecified atom stereocenters. The second-order valence-electron chi connectivity index (χ2n) is 5.06. The summed E-state index contributed by atoms with van der Waals surface area (Å²) in [5, 5.41) is 1.05. The maximum Gasteiger partial charge on any atom is 0.307 e. The van der Waals surface area contributed by atoms with Gasteiger partial charge in [0.1, 0.15) is 5.65 Å². The number of carbonyl (C=O) groups excluding carboxylic acids is 1. The molecule has 0 amide bonds. The molecule has 0 spiro atoms. The Balaban J connectivity index is 2.12. The van der Waals surface area contributed by atoms with Crippen LogP contribution in [0.4, 0.5) is 0 Å². The summed E-state index contributed by atoms with van der Waals surface area (Å²) in [6.07, 6.45) is 3.85. The quantitative estimate of drug-likeness (QED) is 0.694. The number of fused-ring (bicyclic) bond motifs is 1. The molecular weight excluding hydrogens is 278 g/mol. The number of ether oxygens (including phenoxy) is 1. The lowest BCUT2D eigenvalue weighted by atomic mass is 10.1. The minimum Gasteiger partial charge on any atom is -0.469 e. The van der Waals surface area contributed by atoms with Crippen LogP contribution in [0.5, 0.6) is 0 Å². The number of carbonyl (C=O) groups is 1. The molecule has 0 atom stereocenters. The van der Waals surface area contributed by atoms with E-state index < -0.39 is 0 Å². The van der Waals surface area contributed by atoms with Crippen molar-refractivity contribution in [2.45, 2.75) is 19.9 Å². The summed E-state index contributed by atoms with van der Waals surface area (Å²) in [6, 6.07) is 9.96. The summed E-state index contributed by atoms with van der Waals surface area (Å²) in [5.74, 6) is -0.230. The number of hydrogen-bond donors (Lipinski definition) is 0. The first kappa shape index (κ1) is 14.3. The fourth-order valence-electron chi connectivity index (χ4n) is 2.60. The van der Waals surface area contributed by atoms with E-state index in [0.717, 1.165) is 28.0 Å². The largest absolute Gasteiger partial charge is 0.469 e. The van der Waals surface area contributed by atoms with Crippen molar-refractivity contribution in [3.63, 3.8) is 0 Å². The smallest absolute Gasteiger partial charge is 0.307 e. The molecule has 3 heterocycles. The summed E-state index contributed by atoms with van der Waals surface area (Å²) in [7, 11) is 1.40. The molecule has 5 heteroatoms. The van der Waals surface area contributed by atoms with E-state index in [1.54, 1.807) is 12.4 Å². The molecule has 0 aliphatic rings. The van der Waals surface area contributed by atoms with Crippen molar-refractivity contribution in [1.82, 2.24) is 14.5 Å². The van der Waals surface area contributed by atoms with Crippen LogP contribution in [-0.4, -0.2) is 27.6 Å². The average molecular weight is 295 g/mol. The van der Waals surface area contributed by atoms with Crippen LogP contribution in [0, 0.1) is 6.92 Å². The highest BCUT2D eigenvalue weighted by Crippen LogP contribution is 2.28. The molecule has 112 valence electrons. The number of aromatic nitrogens is 3. The van der Waals surface area contributed by atoms with Gasteiger partial charge in [-0.1, -0.05) is 0 Å². The standard InChI is InChI=1S/C17H17N3O2/c1-12-14(6-4-8-18-12)15-11-13-5-3-9-19-17(13)20(15)10-7-16(21)22-2/h3-6,8-9,11H,7,10H2,1-2H3. The third kappa shape index (κ3) is 2.57. The molecule has 0 N–H and O–H groups in total. The average Bonchev–Trinajstić information content (AvgIpc) is 2.91. The van der Waals surface area contributed by atoms with Gasteiger partial charge >= 0.3 is 5.97 Å². The van der Waals surface area contributed by atoms with Crippen molar-refractivity contribution in [2.24, 2.45) is 0 Å². The van der Waals surface area contributed by atoms with E-state index in [9.17, 15) is 4.79 Å². The zero-order valence-corrected chi connectivity index (χ0v) is 12.6. The predicted octanol–water partition coefficient (Wildman–Crippen LogP) is 2.97. The van der Waals surface area contributed by atoms with Gasteiger partial charge in [-0.2, -0.15) is 0 Å². The van der Waals surface area contributed by atoms with E-state index >= 15 is 0 Å². The Morgan fingerprint density at radius 1 is 1.23 bits per heavy atom. The third-order valence-electron chi connectivity index (χ3n) is 3.71. The van der Waals surface area contributed by atoms with Gasteiger partial charge < -0.3 is 9.30 Å². The van der Waals surface area contributed by atoms with Crippen molar-refractivity contribution in [1.29, 1.82) is 0 Å². The van der Waals surface area contributed by atoms with Gasteiger partial charge in [0.2, 0.25) is 0 Å². The third-order valence-corrected chi connectivity index (χ3v) is 3.71. The Morgan fingerprint density at radius 3 is 2.77 bits per heavy atom. The van der Waals surface area contributed by atoms with Crippen LogP contribution in [0.15, 0.2) is 42.7 Å². The molecular formula is C17H17N3O2. The van der Waals surface area contributed by atoms with E-state index in [2.05, 4.69) is 20.6 Å². The fraction of sp³-hybridized carbons (Fsp3) is 0.235. The van der Waals surface area contributed by atoms with Crippen molar-refractivity contribution in [3.05, 3.63) is 48.4 Å². The van der Waals surface area contributed by atoms with E-state index in [1.165, 1.54) is 7.11 Å². The van der Waals surface area contributed by atoms with Gasteiger partial charge in [0, 0.05) is 35.6 Å². The normalized spacial score (nSPS) is 10.8. The van der Waals surface area contributed by atoms with Crippen LogP contribution in [0.2, 0.25) is 0 Å². The molecule has 0 aliphatic heterocycles. The maximum absolute atomic E-state index is 11.5. The van der Waals surface area contributed by atoms with Gasteiger partial charge in [-0.15, -0.1) is 0 Å². The number of hydrogen-bond acceptors (Lipinski definition) is 4. The molecule has 0 saturated carbocycles. The Labute approximate surface area is 128 Å². The van der Waals surface area contributed by atoms with Gasteiger partial charge in [-0.05, 0) is 37.3 Å². The second-order valence-corrected chi connectivity index (χ2v) is 5.06. The molecule has 5 nitrogen and oxygen atoms in total. The van der Waals surface area contributed by atoms with Gasteiger partial charge in [-0.3, -0.25) is 9.78 Å². The summed E-state index contributed by atoms with van der Waals surface area (Å²) in [5.41, 5.74) is 3.88. The van der Waals surface area contributed by atoms with Gasteiger partial charge in [-0.25, -0.2) is 4.98 Å². The number of rotatable bonds is 4. The number of esters is 1. The van der Waals surface area contributed by atoms with Crippen molar-refractivity contribution in [2.75, 3.05) is 7.11 Å². The van der Waals surface area contributed by atoms with Crippen molar-refractivity contribution < 1.29 is 9.53 Å². The molecule has 0 fully saturated rings. The van der Waals surface area contributed by atoms with Crippen molar-refractivity contribution >= 4 is 17.0 Å². The zero-order chi connectivity index (χ0) is 15.5. The lowest BCUT2D eigenvalue weighted by Crippen LogP contribution is -2.08. The predicted molar refractivity (Wildman–Crippen MR) is 84.3 cm³/mol. The van der Waals surface area contributed by atoms with Crippen LogP contribution in [0.3, 0.4) is 0 Å². The van der Waals surface area contributed by atoms with Gasteiger partial charge in [0.05, 0.1) is 19.2 Å². The summed E-state index contributed by atoms with van der Waals surface area (Å²) >= 11 is 0. The highest BCUT2D eigenvalue weighted by Gasteiger charge is 2.14. The van der Waals surface area contributed by atoms with Crippen LogP contribution >= 0.6 is 0 Å². The van der Waals surface area contributed by atoms with Crippen LogP contribution in [-0.2, 0) is 16.1 Å². The van der Waals surface area contributed by atoms with Crippen LogP contribution in [0.1, 0.15) is 12.1 Å². The number of nitrogens with zero attached hydrogens (tertiary/aromatic N) is 3. The summed E-state index contributed by atoms with van der Waals surface area (Å²) in [6.45, 7) is 2.50. The van der Waals surface area contributed by atoms with Gasteiger partial charge in [0.15, 0.2) is 0 Å². The van der Waals surface area contributed by atoms with E-state index in [1.807, 2.05) is 31.2 Å². The topological polar surface area (TPSA) is 57.0 Å². The zero-order valence-electron chi connectivity index (χ0n) is 12.6. The molecule has 0 aromatic carbocycles. The lowest BCUT2D eigenvalue weighted by Gasteiger charge is -2.11. The summed E-state index contributed by atoms with van der Waals surface area (Å²) < 4.78 is 6.80. The molecule has 0 bridgehead atoms. The van der Waals surface area contributed by atoms with E-state index in [4.69, 9.17) is 4.74 Å². The monoisotopic (exact) mass is 295 g/mol. The molecule has 22 heavy (non-hydrogen) atoms. The van der Waals surface area contributed by atoms with Gasteiger partial charge in [0.25, 0.3) is 0 Å². The first-order valence-corrected chi connectivity index (χ1v) is 7.14. The molecule has 3 rings (SSSR count). The lowest BCUT2D eigenvalue weighted by molar-refractivity contribution is -0.140. The summed E-state index contributed by atoms with van der Waals surface area (Å²) in [4.78, 5) is 20.3. The minimum atomic E-state index is -0.230. The Morgan fingerprint density at radius 2 is 2.00 bits per heavy atom. The minimum absolute atomic E-state index is 0.230. The second kappa shape index (κ2) is 5.97. The van der Waals surface area contributed by atoms with E-state index in [0.29, 0.717) is 13.0 Å². The molecule has 3 aromatic heterocycles. The van der Waals surface area contributed by atoms with E-state index in [-0.39, 0.29) is 5.97 Å². The molecule has 0 saturated heterocycles. The highest BCUT2D eigenvalue weighted by atomic mass is 16.5. The fourth-order valence-corrected chi connectivity index (χ4v) is 2.60.